The first-order valence-corrected chi connectivity index (χ1v) is 6.08. The zero-order valence-corrected chi connectivity index (χ0v) is 11.1. The molecule has 0 aliphatic rings. The fourth-order valence-corrected chi connectivity index (χ4v) is 2.01. The van der Waals surface area contributed by atoms with E-state index in [9.17, 15) is 4.39 Å². The van der Waals surface area contributed by atoms with Gasteiger partial charge >= 0.3 is 0 Å². The molecular formula is C12H14FN3OS. The molecule has 6 heteroatoms. The summed E-state index contributed by atoms with van der Waals surface area (Å²) in [6.07, 6.45) is 1.63. The van der Waals surface area contributed by atoms with E-state index in [0.717, 1.165) is 18.7 Å². The van der Waals surface area contributed by atoms with Crippen molar-refractivity contribution in [2.45, 2.75) is 19.8 Å². The number of hydrogen-bond donors (Lipinski definition) is 1. The van der Waals surface area contributed by atoms with E-state index in [1.807, 2.05) is 6.92 Å². The summed E-state index contributed by atoms with van der Waals surface area (Å²) in [5.41, 5.74) is 0.358. The van der Waals surface area contributed by atoms with Crippen LogP contribution in [0.2, 0.25) is 0 Å². The lowest BCUT2D eigenvalue weighted by Gasteiger charge is -2.09. The molecule has 0 atom stereocenters. The molecule has 0 aliphatic carbocycles. The highest BCUT2D eigenvalue weighted by atomic mass is 32.1. The highest BCUT2D eigenvalue weighted by Crippen LogP contribution is 2.22. The zero-order chi connectivity index (χ0) is 13.1. The third-order valence-electron chi connectivity index (χ3n) is 2.61. The van der Waals surface area contributed by atoms with Crippen LogP contribution in [0.1, 0.15) is 19.2 Å². The Morgan fingerprint density at radius 1 is 1.50 bits per heavy atom. The van der Waals surface area contributed by atoms with Gasteiger partial charge in [-0.3, -0.25) is 9.67 Å². The highest BCUT2D eigenvalue weighted by Gasteiger charge is 2.12. The summed E-state index contributed by atoms with van der Waals surface area (Å²) in [5.74, 6) is 0.942. The van der Waals surface area contributed by atoms with Gasteiger partial charge in [-0.1, -0.05) is 6.92 Å². The molecule has 1 aromatic heterocycles. The van der Waals surface area contributed by atoms with Crippen LogP contribution in [0.3, 0.4) is 0 Å². The van der Waals surface area contributed by atoms with Crippen LogP contribution in [0, 0.1) is 10.6 Å². The number of nitrogens with one attached hydrogen (secondary N) is 1. The number of aromatic amines is 1. The van der Waals surface area contributed by atoms with Gasteiger partial charge in [-0.2, -0.15) is 5.10 Å². The number of aryl methyl sites for hydroxylation is 1. The van der Waals surface area contributed by atoms with Crippen molar-refractivity contribution in [2.75, 3.05) is 7.11 Å². The molecular weight excluding hydrogens is 253 g/mol. The van der Waals surface area contributed by atoms with Crippen LogP contribution in [0.4, 0.5) is 4.39 Å². The van der Waals surface area contributed by atoms with Crippen molar-refractivity contribution in [3.8, 4) is 11.4 Å². The van der Waals surface area contributed by atoms with Crippen LogP contribution in [-0.2, 0) is 6.42 Å². The molecule has 0 unspecified atom stereocenters. The van der Waals surface area contributed by atoms with Gasteiger partial charge in [0.2, 0.25) is 0 Å². The highest BCUT2D eigenvalue weighted by molar-refractivity contribution is 7.71. The number of hydrogen-bond acceptors (Lipinski definition) is 3. The Kier molecular flexibility index (Phi) is 3.76. The summed E-state index contributed by atoms with van der Waals surface area (Å²) in [5, 5.41) is 6.81. The average molecular weight is 267 g/mol. The Hall–Kier alpha value is -1.69. The van der Waals surface area contributed by atoms with Gasteiger partial charge in [-0.15, -0.1) is 0 Å². The number of halogens is 1. The van der Waals surface area contributed by atoms with Crippen LogP contribution in [0.25, 0.3) is 5.69 Å². The molecule has 0 fully saturated rings. The maximum absolute atomic E-state index is 13.9. The van der Waals surface area contributed by atoms with E-state index in [0.29, 0.717) is 16.2 Å². The lowest BCUT2D eigenvalue weighted by atomic mass is 10.2. The average Bonchev–Trinajstić information content (AvgIpc) is 2.72. The molecule has 0 spiro atoms. The number of rotatable bonds is 4. The van der Waals surface area contributed by atoms with Crippen molar-refractivity contribution in [3.05, 3.63) is 34.6 Å². The Morgan fingerprint density at radius 3 is 2.94 bits per heavy atom. The maximum Gasteiger partial charge on any atom is 0.199 e. The van der Waals surface area contributed by atoms with Crippen LogP contribution in [-0.4, -0.2) is 21.9 Å². The molecule has 18 heavy (non-hydrogen) atoms. The van der Waals surface area contributed by atoms with Crippen molar-refractivity contribution in [3.63, 3.8) is 0 Å². The fourth-order valence-electron chi connectivity index (χ4n) is 1.76. The van der Waals surface area contributed by atoms with E-state index >= 15 is 0 Å². The third kappa shape index (κ3) is 2.28. The van der Waals surface area contributed by atoms with Crippen LogP contribution in [0.15, 0.2) is 18.2 Å². The maximum atomic E-state index is 13.9. The molecule has 0 amide bonds. The number of methoxy groups -OCH3 is 1. The lowest BCUT2D eigenvalue weighted by molar-refractivity contribution is 0.413. The molecule has 96 valence electrons. The molecule has 0 saturated carbocycles. The van der Waals surface area contributed by atoms with Gasteiger partial charge in [0, 0.05) is 12.5 Å². The summed E-state index contributed by atoms with van der Waals surface area (Å²) < 4.78 is 21.0. The Balaban J connectivity index is 2.60. The summed E-state index contributed by atoms with van der Waals surface area (Å²) in [7, 11) is 1.54. The van der Waals surface area contributed by atoms with Gasteiger partial charge in [0.25, 0.3) is 0 Å². The second kappa shape index (κ2) is 5.30. The van der Waals surface area contributed by atoms with E-state index in [2.05, 4.69) is 10.2 Å². The molecule has 0 radical (unpaired) electrons. The zero-order valence-electron chi connectivity index (χ0n) is 10.2. The minimum Gasteiger partial charge on any atom is -0.497 e. The molecule has 1 heterocycles. The van der Waals surface area contributed by atoms with Crippen LogP contribution in [0.5, 0.6) is 5.75 Å². The van der Waals surface area contributed by atoms with Crippen LogP contribution >= 0.6 is 12.2 Å². The van der Waals surface area contributed by atoms with E-state index < -0.39 is 0 Å². The monoisotopic (exact) mass is 267 g/mol. The van der Waals surface area contributed by atoms with Gasteiger partial charge in [0.15, 0.2) is 4.77 Å². The second-order valence-corrected chi connectivity index (χ2v) is 4.23. The molecule has 1 N–H and O–H groups in total. The van der Waals surface area contributed by atoms with E-state index in [-0.39, 0.29) is 5.82 Å². The first kappa shape index (κ1) is 12.8. The SMILES string of the molecule is CCCc1n[nH]c(=S)n1-c1cc(OC)ccc1F. The predicted molar refractivity (Wildman–Crippen MR) is 69.3 cm³/mol. The number of H-pyrrole nitrogens is 1. The van der Waals surface area contributed by atoms with Crippen molar-refractivity contribution >= 4 is 12.2 Å². The predicted octanol–water partition coefficient (Wildman–Crippen LogP) is 3.03. The topological polar surface area (TPSA) is 42.8 Å². The van der Waals surface area contributed by atoms with E-state index in [1.54, 1.807) is 23.8 Å². The molecule has 1 aromatic carbocycles. The first-order valence-electron chi connectivity index (χ1n) is 5.67. The quantitative estimate of drug-likeness (QED) is 0.866. The number of aromatic nitrogens is 3. The van der Waals surface area contributed by atoms with Gasteiger partial charge in [0.05, 0.1) is 12.8 Å². The second-order valence-electron chi connectivity index (χ2n) is 3.85. The minimum absolute atomic E-state index is 0.356. The molecule has 0 bridgehead atoms. The Bertz CT molecular complexity index is 606. The normalized spacial score (nSPS) is 10.6. The van der Waals surface area contributed by atoms with Gasteiger partial charge < -0.3 is 4.74 Å². The standard InChI is InChI=1S/C12H14FN3OS/c1-3-4-11-14-15-12(18)16(11)10-7-8(17-2)5-6-9(10)13/h5-7H,3-4H2,1-2H3,(H,15,18). The number of nitrogens with zero attached hydrogens (tertiary/aromatic N) is 2. The van der Waals surface area contributed by atoms with E-state index in [1.165, 1.54) is 6.07 Å². The van der Waals surface area contributed by atoms with Crippen molar-refractivity contribution < 1.29 is 9.13 Å². The summed E-state index contributed by atoms with van der Waals surface area (Å²) >= 11 is 5.15. The Morgan fingerprint density at radius 2 is 2.28 bits per heavy atom. The number of benzene rings is 1. The van der Waals surface area contributed by atoms with Crippen molar-refractivity contribution in [2.24, 2.45) is 0 Å². The fraction of sp³-hybridized carbons (Fsp3) is 0.333. The van der Waals surface area contributed by atoms with Crippen molar-refractivity contribution in [1.29, 1.82) is 0 Å². The molecule has 0 aliphatic heterocycles. The van der Waals surface area contributed by atoms with Gasteiger partial charge in [-0.05, 0) is 30.8 Å². The van der Waals surface area contributed by atoms with Gasteiger partial charge in [-0.25, -0.2) is 4.39 Å². The van der Waals surface area contributed by atoms with Crippen LogP contribution < -0.4 is 4.74 Å². The third-order valence-corrected chi connectivity index (χ3v) is 2.88. The van der Waals surface area contributed by atoms with E-state index in [4.69, 9.17) is 17.0 Å². The summed E-state index contributed by atoms with van der Waals surface area (Å²) in [4.78, 5) is 0. The molecule has 2 rings (SSSR count). The minimum atomic E-state index is -0.356. The molecule has 4 nitrogen and oxygen atoms in total. The van der Waals surface area contributed by atoms with Gasteiger partial charge in [0.1, 0.15) is 17.4 Å². The Labute approximate surface area is 109 Å². The largest absolute Gasteiger partial charge is 0.497 e. The summed E-state index contributed by atoms with van der Waals surface area (Å²) in [6, 6.07) is 4.54. The van der Waals surface area contributed by atoms with Crippen molar-refractivity contribution in [1.82, 2.24) is 14.8 Å². The molecule has 0 saturated heterocycles. The number of ether oxygens (including phenoxy) is 1. The summed E-state index contributed by atoms with van der Waals surface area (Å²) in [6.45, 7) is 2.03. The smallest absolute Gasteiger partial charge is 0.199 e. The lowest BCUT2D eigenvalue weighted by Crippen LogP contribution is -2.04. The molecule has 2 aromatic rings. The first-order chi connectivity index (χ1) is 8.67.